The maximum atomic E-state index is 6.32. The first-order valence-corrected chi connectivity index (χ1v) is 11.1. The Morgan fingerprint density at radius 2 is 1.07 bits per heavy atom. The highest BCUT2D eigenvalue weighted by atomic mass is 14.9. The molecule has 0 unspecified atom stereocenters. The van der Waals surface area contributed by atoms with Gasteiger partial charge in [0.25, 0.3) is 0 Å². The second-order valence-corrected chi connectivity index (χ2v) is 8.74. The molecular weight excluding hydrogens is 372 g/mol. The third kappa shape index (κ3) is 4.86. The monoisotopic (exact) mass is 404 g/mol. The highest BCUT2D eigenvalue weighted by Crippen LogP contribution is 2.24. The van der Waals surface area contributed by atoms with Crippen molar-refractivity contribution >= 4 is 11.7 Å². The lowest BCUT2D eigenvalue weighted by Crippen LogP contribution is -2.20. The third-order valence-electron chi connectivity index (χ3n) is 6.02. The van der Waals surface area contributed by atoms with Gasteiger partial charge in [-0.3, -0.25) is 9.98 Å². The average molecular weight is 405 g/mol. The Hall–Kier alpha value is -2.76. The van der Waals surface area contributed by atoms with E-state index in [-0.39, 0.29) is 0 Å². The predicted molar refractivity (Wildman–Crippen MR) is 123 cm³/mol. The average Bonchev–Trinajstić information content (AvgIpc) is 3.41. The van der Waals surface area contributed by atoms with E-state index in [1.54, 1.807) is 0 Å². The summed E-state index contributed by atoms with van der Waals surface area (Å²) in [5.74, 6) is 1.03. The van der Waals surface area contributed by atoms with Gasteiger partial charge in [-0.2, -0.15) is 0 Å². The first-order chi connectivity index (χ1) is 14.5. The molecule has 4 rings (SSSR count). The van der Waals surface area contributed by atoms with Crippen molar-refractivity contribution in [1.82, 2.24) is 9.97 Å². The number of rotatable bonds is 5. The number of hydrogen-bond donors (Lipinski definition) is 2. The molecule has 0 aromatic carbocycles. The normalized spacial score (nSPS) is 19.0. The van der Waals surface area contributed by atoms with Crippen LogP contribution >= 0.6 is 0 Å². The molecule has 2 aromatic heterocycles. The second-order valence-electron chi connectivity index (χ2n) is 8.74. The van der Waals surface area contributed by atoms with Crippen molar-refractivity contribution in [2.24, 2.45) is 21.5 Å². The fourth-order valence-corrected chi connectivity index (χ4v) is 4.45. The van der Waals surface area contributed by atoms with E-state index in [0.29, 0.717) is 35.1 Å². The van der Waals surface area contributed by atoms with Crippen LogP contribution in [0.3, 0.4) is 0 Å². The lowest BCUT2D eigenvalue weighted by molar-refractivity contribution is 0.705. The molecule has 2 aromatic rings. The summed E-state index contributed by atoms with van der Waals surface area (Å²) >= 11 is 0. The van der Waals surface area contributed by atoms with Crippen LogP contribution in [0.15, 0.2) is 34.3 Å². The molecule has 158 valence electrons. The Kier molecular flexibility index (Phi) is 6.11. The van der Waals surface area contributed by atoms with Crippen LogP contribution in [0.1, 0.15) is 73.9 Å². The van der Waals surface area contributed by atoms with Crippen LogP contribution < -0.4 is 11.5 Å². The first kappa shape index (κ1) is 20.5. The van der Waals surface area contributed by atoms with Gasteiger partial charge in [0.2, 0.25) is 0 Å². The number of hydrogen-bond acceptors (Lipinski definition) is 4. The molecule has 2 aliphatic rings. The van der Waals surface area contributed by atoms with E-state index in [4.69, 9.17) is 31.4 Å². The summed E-state index contributed by atoms with van der Waals surface area (Å²) in [5, 5.41) is 0. The van der Waals surface area contributed by atoms with E-state index in [0.717, 1.165) is 48.2 Å². The molecule has 0 atom stereocenters. The van der Waals surface area contributed by atoms with Gasteiger partial charge in [-0.25, -0.2) is 9.97 Å². The molecule has 0 saturated heterocycles. The fourth-order valence-electron chi connectivity index (χ4n) is 4.45. The standard InChI is InChI=1S/C24H32N6/c1-15-11-19(29-21(13-15)23(25)27-17-7-3-4-8-17)20-12-16(2)14-22(30-20)24(26)28-18-9-5-6-10-18/h11-14,17-18H,3-10H2,1-2H3,(H2,25,27)(H2,26,28). The Bertz CT molecular complexity index is 886. The van der Waals surface area contributed by atoms with Gasteiger partial charge in [0, 0.05) is 0 Å². The predicted octanol–water partition coefficient (Wildman–Crippen LogP) is 4.06. The van der Waals surface area contributed by atoms with Crippen molar-refractivity contribution in [3.05, 3.63) is 46.8 Å². The van der Waals surface area contributed by atoms with Crippen LogP contribution in [0, 0.1) is 13.8 Å². The molecule has 2 saturated carbocycles. The number of amidine groups is 2. The highest BCUT2D eigenvalue weighted by molar-refractivity contribution is 5.97. The maximum Gasteiger partial charge on any atom is 0.144 e. The van der Waals surface area contributed by atoms with Gasteiger partial charge in [-0.1, -0.05) is 25.7 Å². The zero-order chi connectivity index (χ0) is 21.1. The quantitative estimate of drug-likeness (QED) is 0.579. The third-order valence-corrected chi connectivity index (χ3v) is 6.02. The summed E-state index contributed by atoms with van der Waals surface area (Å²) in [6.45, 7) is 4.09. The SMILES string of the molecule is Cc1cc(C(N)=NC2CCCC2)nc(-c2cc(C)cc(C(N)=NC3CCCC3)n2)c1. The fraction of sp³-hybridized carbons (Fsp3) is 0.500. The molecule has 6 heteroatoms. The molecule has 2 heterocycles. The molecule has 0 amide bonds. The number of aryl methyl sites for hydroxylation is 2. The number of aliphatic imine (C=N–C) groups is 2. The smallest absolute Gasteiger partial charge is 0.144 e. The molecule has 2 fully saturated rings. The van der Waals surface area contributed by atoms with Crippen LogP contribution in [0.2, 0.25) is 0 Å². The van der Waals surface area contributed by atoms with E-state index >= 15 is 0 Å². The van der Waals surface area contributed by atoms with E-state index in [9.17, 15) is 0 Å². The first-order valence-electron chi connectivity index (χ1n) is 11.1. The Balaban J connectivity index is 1.66. The summed E-state index contributed by atoms with van der Waals surface area (Å²) in [4.78, 5) is 19.0. The van der Waals surface area contributed by atoms with E-state index < -0.39 is 0 Å². The van der Waals surface area contributed by atoms with Crippen molar-refractivity contribution in [3.63, 3.8) is 0 Å². The van der Waals surface area contributed by atoms with Crippen LogP contribution in [0.25, 0.3) is 11.4 Å². The van der Waals surface area contributed by atoms with E-state index in [1.807, 2.05) is 38.1 Å². The summed E-state index contributed by atoms with van der Waals surface area (Å²) in [7, 11) is 0. The minimum atomic E-state index is 0.325. The zero-order valence-electron chi connectivity index (χ0n) is 18.1. The van der Waals surface area contributed by atoms with Gasteiger partial charge in [-0.05, 0) is 74.9 Å². The summed E-state index contributed by atoms with van der Waals surface area (Å²) in [5.41, 5.74) is 17.8. The molecule has 0 radical (unpaired) electrons. The molecule has 0 bridgehead atoms. The molecule has 30 heavy (non-hydrogen) atoms. The van der Waals surface area contributed by atoms with E-state index in [1.165, 1.54) is 25.7 Å². The highest BCUT2D eigenvalue weighted by Gasteiger charge is 2.17. The summed E-state index contributed by atoms with van der Waals surface area (Å²) < 4.78 is 0. The van der Waals surface area contributed by atoms with E-state index in [2.05, 4.69) is 0 Å². The Morgan fingerprint density at radius 1 is 0.700 bits per heavy atom. The van der Waals surface area contributed by atoms with Crippen molar-refractivity contribution in [2.75, 3.05) is 0 Å². The van der Waals surface area contributed by atoms with Crippen molar-refractivity contribution in [2.45, 2.75) is 77.3 Å². The molecule has 0 spiro atoms. The molecule has 2 aliphatic carbocycles. The number of nitrogens with zero attached hydrogens (tertiary/aromatic N) is 4. The lowest BCUT2D eigenvalue weighted by atomic mass is 10.1. The van der Waals surface area contributed by atoms with Crippen molar-refractivity contribution in [1.29, 1.82) is 0 Å². The van der Waals surface area contributed by atoms with Crippen molar-refractivity contribution in [3.8, 4) is 11.4 Å². The Morgan fingerprint density at radius 3 is 1.43 bits per heavy atom. The number of nitrogens with two attached hydrogens (primary N) is 2. The minimum Gasteiger partial charge on any atom is -0.382 e. The Labute approximate surface area is 178 Å². The van der Waals surface area contributed by atoms with Crippen LogP contribution in [-0.2, 0) is 0 Å². The summed E-state index contributed by atoms with van der Waals surface area (Å²) in [6, 6.07) is 8.69. The summed E-state index contributed by atoms with van der Waals surface area (Å²) in [6.07, 6.45) is 9.37. The largest absolute Gasteiger partial charge is 0.382 e. The van der Waals surface area contributed by atoms with Crippen LogP contribution in [-0.4, -0.2) is 33.7 Å². The molecule has 4 N–H and O–H groups in total. The van der Waals surface area contributed by atoms with Gasteiger partial charge in [0.15, 0.2) is 0 Å². The molecule has 0 aliphatic heterocycles. The van der Waals surface area contributed by atoms with Crippen molar-refractivity contribution < 1.29 is 0 Å². The van der Waals surface area contributed by atoms with Crippen LogP contribution in [0.5, 0.6) is 0 Å². The second kappa shape index (κ2) is 8.94. The molecular formula is C24H32N6. The van der Waals surface area contributed by atoms with Gasteiger partial charge in [-0.15, -0.1) is 0 Å². The maximum absolute atomic E-state index is 6.32. The number of pyridine rings is 2. The number of aromatic nitrogens is 2. The zero-order valence-corrected chi connectivity index (χ0v) is 18.1. The van der Waals surface area contributed by atoms with Crippen LogP contribution in [0.4, 0.5) is 0 Å². The van der Waals surface area contributed by atoms with Gasteiger partial charge >= 0.3 is 0 Å². The van der Waals surface area contributed by atoms with Gasteiger partial charge in [0.1, 0.15) is 23.1 Å². The van der Waals surface area contributed by atoms with Gasteiger partial charge < -0.3 is 11.5 Å². The minimum absolute atomic E-state index is 0.325. The lowest BCUT2D eigenvalue weighted by Gasteiger charge is -2.11. The van der Waals surface area contributed by atoms with Gasteiger partial charge in [0.05, 0.1) is 23.5 Å². The molecule has 6 nitrogen and oxygen atoms in total. The topological polar surface area (TPSA) is 103 Å².